The van der Waals surface area contributed by atoms with Crippen LogP contribution in [0, 0.1) is 6.92 Å². The van der Waals surface area contributed by atoms with Gasteiger partial charge in [-0.3, -0.25) is 9.59 Å². The van der Waals surface area contributed by atoms with Gasteiger partial charge >= 0.3 is 0 Å². The Bertz CT molecular complexity index is 1150. The van der Waals surface area contributed by atoms with E-state index in [1.165, 1.54) is 31.2 Å². The number of carbonyl (C=O) groups excluding carboxylic acids is 2. The Labute approximate surface area is 176 Å². The van der Waals surface area contributed by atoms with Crippen molar-refractivity contribution >= 4 is 27.4 Å². The first-order valence-electron chi connectivity index (χ1n) is 9.32. The second kappa shape index (κ2) is 9.02. The number of Topliss-reactive ketones (excluding diaryl/α,β-unsaturated/α-hetero) is 1. The number of ketones is 1. The Kier molecular flexibility index (Phi) is 6.44. The van der Waals surface area contributed by atoms with E-state index in [1.807, 2.05) is 31.2 Å². The number of hydrogen-bond acceptors (Lipinski definition) is 4. The number of hydrogen-bond donors (Lipinski definition) is 2. The van der Waals surface area contributed by atoms with Crippen molar-refractivity contribution in [2.24, 2.45) is 0 Å². The zero-order valence-corrected chi connectivity index (χ0v) is 17.5. The molecule has 0 unspecified atom stereocenters. The number of carbonyl (C=O) groups is 2. The van der Waals surface area contributed by atoms with Gasteiger partial charge in [-0.2, -0.15) is 0 Å². The van der Waals surface area contributed by atoms with Crippen molar-refractivity contribution in [1.29, 1.82) is 0 Å². The highest BCUT2D eigenvalue weighted by atomic mass is 32.2. The van der Waals surface area contributed by atoms with Crippen LogP contribution in [0.5, 0.6) is 0 Å². The summed E-state index contributed by atoms with van der Waals surface area (Å²) in [4.78, 5) is 23.7. The van der Waals surface area contributed by atoms with Crippen LogP contribution < -0.4 is 10.0 Å². The monoisotopic (exact) mass is 422 g/mol. The molecule has 1 amide bonds. The van der Waals surface area contributed by atoms with Crippen LogP contribution in [-0.4, -0.2) is 20.1 Å². The summed E-state index contributed by atoms with van der Waals surface area (Å²) in [5.41, 5.74) is 3.45. The molecule has 0 saturated carbocycles. The molecule has 0 aliphatic heterocycles. The predicted octanol–water partition coefficient (Wildman–Crippen LogP) is 3.93. The second-order valence-electron chi connectivity index (χ2n) is 6.92. The Morgan fingerprint density at radius 3 is 1.93 bits per heavy atom. The molecule has 0 radical (unpaired) electrons. The van der Waals surface area contributed by atoms with Gasteiger partial charge in [-0.1, -0.05) is 42.0 Å². The third-order valence-corrected chi connectivity index (χ3v) is 5.98. The number of nitrogens with one attached hydrogen (secondary N) is 2. The minimum Gasteiger partial charge on any atom is -0.322 e. The van der Waals surface area contributed by atoms with Crippen molar-refractivity contribution in [3.63, 3.8) is 0 Å². The van der Waals surface area contributed by atoms with Gasteiger partial charge in [0.25, 0.3) is 5.91 Å². The zero-order chi connectivity index (χ0) is 21.7. The van der Waals surface area contributed by atoms with Gasteiger partial charge in [-0.15, -0.1) is 0 Å². The average Bonchev–Trinajstić information content (AvgIpc) is 2.74. The molecule has 3 aromatic carbocycles. The van der Waals surface area contributed by atoms with Crippen LogP contribution in [0.15, 0.2) is 77.7 Å². The lowest BCUT2D eigenvalue weighted by Gasteiger charge is -2.09. The zero-order valence-electron chi connectivity index (χ0n) is 16.7. The minimum atomic E-state index is -3.71. The molecule has 6 nitrogen and oxygen atoms in total. The van der Waals surface area contributed by atoms with Crippen molar-refractivity contribution in [2.45, 2.75) is 25.3 Å². The summed E-state index contributed by atoms with van der Waals surface area (Å²) >= 11 is 0. The number of amides is 1. The van der Waals surface area contributed by atoms with Crippen LogP contribution in [0.3, 0.4) is 0 Å². The first-order valence-corrected chi connectivity index (χ1v) is 10.8. The first-order chi connectivity index (χ1) is 14.2. The number of benzene rings is 3. The summed E-state index contributed by atoms with van der Waals surface area (Å²) in [7, 11) is -3.71. The first kappa shape index (κ1) is 21.4. The lowest BCUT2D eigenvalue weighted by molar-refractivity contribution is 0.101. The molecule has 30 heavy (non-hydrogen) atoms. The van der Waals surface area contributed by atoms with Gasteiger partial charge < -0.3 is 5.32 Å². The van der Waals surface area contributed by atoms with Gasteiger partial charge in [0.15, 0.2) is 5.78 Å². The molecule has 3 rings (SSSR count). The molecule has 0 aromatic heterocycles. The Hall–Kier alpha value is -3.29. The van der Waals surface area contributed by atoms with Crippen LogP contribution in [0.1, 0.15) is 38.8 Å². The quantitative estimate of drug-likeness (QED) is 0.564. The SMILES string of the molecule is CC(=O)c1ccc(S(=O)(=O)NCc2ccc(C(=O)Nc3ccc(C)cc3)cc2)cc1. The summed E-state index contributed by atoms with van der Waals surface area (Å²) in [5.74, 6) is -0.366. The van der Waals surface area contributed by atoms with Gasteiger partial charge in [0.2, 0.25) is 10.0 Å². The van der Waals surface area contributed by atoms with E-state index < -0.39 is 10.0 Å². The second-order valence-corrected chi connectivity index (χ2v) is 8.69. The van der Waals surface area contributed by atoms with Crippen LogP contribution >= 0.6 is 0 Å². The molecule has 0 saturated heterocycles. The molecule has 0 atom stereocenters. The van der Waals surface area contributed by atoms with Crippen LogP contribution in [0.4, 0.5) is 5.69 Å². The van der Waals surface area contributed by atoms with Gasteiger partial charge in [0.05, 0.1) is 4.90 Å². The van der Waals surface area contributed by atoms with Crippen molar-refractivity contribution in [1.82, 2.24) is 4.72 Å². The summed E-state index contributed by atoms with van der Waals surface area (Å²) in [6.45, 7) is 3.48. The highest BCUT2D eigenvalue weighted by Crippen LogP contribution is 2.14. The fourth-order valence-corrected chi connectivity index (χ4v) is 3.76. The standard InChI is InChI=1S/C23H22N2O4S/c1-16-3-11-21(12-4-16)25-23(27)20-7-5-18(6-8-20)15-24-30(28,29)22-13-9-19(10-14-22)17(2)26/h3-14,24H,15H2,1-2H3,(H,25,27). The van der Waals surface area contributed by atoms with Crippen LogP contribution in [-0.2, 0) is 16.6 Å². The molecule has 0 spiro atoms. The van der Waals surface area contributed by atoms with Crippen molar-refractivity contribution in [2.75, 3.05) is 5.32 Å². The summed E-state index contributed by atoms with van der Waals surface area (Å²) < 4.78 is 27.4. The van der Waals surface area contributed by atoms with E-state index in [-0.39, 0.29) is 23.1 Å². The highest BCUT2D eigenvalue weighted by Gasteiger charge is 2.14. The third-order valence-electron chi connectivity index (χ3n) is 4.56. The van der Waals surface area contributed by atoms with E-state index in [1.54, 1.807) is 24.3 Å². The Balaban J connectivity index is 1.61. The van der Waals surface area contributed by atoms with Crippen molar-refractivity contribution in [3.8, 4) is 0 Å². The van der Waals surface area contributed by atoms with E-state index in [0.717, 1.165) is 5.56 Å². The molecular formula is C23H22N2O4S. The molecule has 2 N–H and O–H groups in total. The normalized spacial score (nSPS) is 11.1. The molecule has 154 valence electrons. The number of anilines is 1. The van der Waals surface area contributed by atoms with E-state index in [9.17, 15) is 18.0 Å². The summed E-state index contributed by atoms with van der Waals surface area (Å²) in [5, 5.41) is 2.82. The lowest BCUT2D eigenvalue weighted by Crippen LogP contribution is -2.23. The number of sulfonamides is 1. The maximum absolute atomic E-state index is 12.4. The van der Waals surface area contributed by atoms with Crippen molar-refractivity contribution < 1.29 is 18.0 Å². The largest absolute Gasteiger partial charge is 0.322 e. The van der Waals surface area contributed by atoms with E-state index in [0.29, 0.717) is 22.4 Å². The Morgan fingerprint density at radius 1 is 0.800 bits per heavy atom. The van der Waals surface area contributed by atoms with Crippen molar-refractivity contribution in [3.05, 3.63) is 95.1 Å². The van der Waals surface area contributed by atoms with Gasteiger partial charge in [-0.05, 0) is 55.8 Å². The third kappa shape index (κ3) is 5.40. The smallest absolute Gasteiger partial charge is 0.255 e. The Morgan fingerprint density at radius 2 is 1.37 bits per heavy atom. The molecule has 0 aliphatic rings. The van der Waals surface area contributed by atoms with Gasteiger partial charge in [0, 0.05) is 23.4 Å². The van der Waals surface area contributed by atoms with Crippen LogP contribution in [0.25, 0.3) is 0 Å². The van der Waals surface area contributed by atoms with Gasteiger partial charge in [0.1, 0.15) is 0 Å². The predicted molar refractivity (Wildman–Crippen MR) is 116 cm³/mol. The molecule has 0 fully saturated rings. The average molecular weight is 423 g/mol. The maximum Gasteiger partial charge on any atom is 0.255 e. The van der Waals surface area contributed by atoms with E-state index in [4.69, 9.17) is 0 Å². The topological polar surface area (TPSA) is 92.3 Å². The van der Waals surface area contributed by atoms with Crippen LogP contribution in [0.2, 0.25) is 0 Å². The lowest BCUT2D eigenvalue weighted by atomic mass is 10.1. The highest BCUT2D eigenvalue weighted by molar-refractivity contribution is 7.89. The molecule has 3 aromatic rings. The maximum atomic E-state index is 12.4. The minimum absolute atomic E-state index is 0.0800. The summed E-state index contributed by atoms with van der Waals surface area (Å²) in [6, 6.07) is 20.0. The fourth-order valence-electron chi connectivity index (χ4n) is 2.74. The molecule has 0 heterocycles. The molecular weight excluding hydrogens is 400 g/mol. The molecule has 7 heteroatoms. The number of rotatable bonds is 7. The summed E-state index contributed by atoms with van der Waals surface area (Å²) in [6.07, 6.45) is 0. The molecule has 0 aliphatic carbocycles. The number of aryl methyl sites for hydroxylation is 1. The molecule has 0 bridgehead atoms. The van der Waals surface area contributed by atoms with E-state index in [2.05, 4.69) is 10.0 Å². The van der Waals surface area contributed by atoms with E-state index >= 15 is 0 Å². The fraction of sp³-hybridized carbons (Fsp3) is 0.130. The van der Waals surface area contributed by atoms with Gasteiger partial charge in [-0.25, -0.2) is 13.1 Å².